The van der Waals surface area contributed by atoms with Crippen LogP contribution in [-0.2, 0) is 11.3 Å². The Morgan fingerprint density at radius 1 is 1.44 bits per heavy atom. The summed E-state index contributed by atoms with van der Waals surface area (Å²) in [5.74, 6) is 0. The van der Waals surface area contributed by atoms with Gasteiger partial charge in [-0.3, -0.25) is 0 Å². The maximum Gasteiger partial charge on any atom is 0.154 e. The summed E-state index contributed by atoms with van der Waals surface area (Å²) in [6, 6.07) is 2.51. The molecule has 16 heavy (non-hydrogen) atoms. The summed E-state index contributed by atoms with van der Waals surface area (Å²) in [6.07, 6.45) is 2.14. The Hall–Kier alpha value is -0.710. The minimum atomic E-state index is 0.481. The normalized spacial score (nSPS) is 17.6. The van der Waals surface area contributed by atoms with Gasteiger partial charge in [-0.15, -0.1) is 5.10 Å². The van der Waals surface area contributed by atoms with E-state index in [1.165, 1.54) is 0 Å². The molecule has 0 amide bonds. The van der Waals surface area contributed by atoms with Gasteiger partial charge < -0.3 is 10.1 Å². The Bertz CT molecular complexity index is 353. The van der Waals surface area contributed by atoms with Crippen molar-refractivity contribution >= 4 is 11.6 Å². The Morgan fingerprint density at radius 2 is 2.19 bits per heavy atom. The lowest BCUT2D eigenvalue weighted by atomic mass is 10.1. The fourth-order valence-corrected chi connectivity index (χ4v) is 1.85. The van der Waals surface area contributed by atoms with Crippen molar-refractivity contribution in [3.63, 3.8) is 0 Å². The van der Waals surface area contributed by atoms with E-state index in [4.69, 9.17) is 16.3 Å². The second-order valence-electron chi connectivity index (χ2n) is 4.08. The highest BCUT2D eigenvalue weighted by Gasteiger charge is 2.13. The topological polar surface area (TPSA) is 47.0 Å². The maximum atomic E-state index is 5.82. The molecule has 0 spiro atoms. The number of halogens is 1. The van der Waals surface area contributed by atoms with E-state index in [-0.39, 0.29) is 0 Å². The predicted molar refractivity (Wildman–Crippen MR) is 62.5 cm³/mol. The van der Waals surface area contributed by atoms with Crippen molar-refractivity contribution in [3.05, 3.63) is 22.5 Å². The van der Waals surface area contributed by atoms with Crippen LogP contribution in [0.3, 0.4) is 0 Å². The zero-order valence-corrected chi connectivity index (χ0v) is 10.1. The van der Waals surface area contributed by atoms with Crippen LogP contribution in [-0.4, -0.2) is 29.5 Å². The number of nitrogens with one attached hydrogen (secondary N) is 1. The largest absolute Gasteiger partial charge is 0.381 e. The van der Waals surface area contributed by atoms with Crippen LogP contribution in [0.1, 0.15) is 24.1 Å². The van der Waals surface area contributed by atoms with Crippen LogP contribution in [0.2, 0.25) is 5.15 Å². The Kier molecular flexibility index (Phi) is 4.09. The molecule has 0 atom stereocenters. The van der Waals surface area contributed by atoms with E-state index in [1.54, 1.807) is 0 Å². The van der Waals surface area contributed by atoms with Crippen LogP contribution < -0.4 is 5.32 Å². The number of aromatic nitrogens is 2. The third kappa shape index (κ3) is 3.14. The van der Waals surface area contributed by atoms with Gasteiger partial charge in [0, 0.05) is 25.8 Å². The fourth-order valence-electron chi connectivity index (χ4n) is 1.76. The van der Waals surface area contributed by atoms with E-state index < -0.39 is 0 Å². The lowest BCUT2D eigenvalue weighted by Gasteiger charge is -2.22. The van der Waals surface area contributed by atoms with Gasteiger partial charge in [0.1, 0.15) is 0 Å². The summed E-state index contributed by atoms with van der Waals surface area (Å²) in [7, 11) is 0. The lowest BCUT2D eigenvalue weighted by Crippen LogP contribution is -2.34. The number of aryl methyl sites for hydroxylation is 1. The minimum Gasteiger partial charge on any atom is -0.381 e. The van der Waals surface area contributed by atoms with E-state index >= 15 is 0 Å². The molecule has 1 N–H and O–H groups in total. The van der Waals surface area contributed by atoms with E-state index in [1.807, 2.05) is 13.0 Å². The van der Waals surface area contributed by atoms with Crippen molar-refractivity contribution in [2.45, 2.75) is 32.4 Å². The molecule has 5 heteroatoms. The maximum absolute atomic E-state index is 5.82. The standard InChI is InChI=1S/C11H16ClN3O/c1-8-6-10(14-15-11(8)12)7-13-9-2-4-16-5-3-9/h6,9,13H,2-5,7H2,1H3. The number of hydrogen-bond donors (Lipinski definition) is 1. The molecule has 2 heterocycles. The van der Waals surface area contributed by atoms with Gasteiger partial charge >= 0.3 is 0 Å². The average Bonchev–Trinajstić information content (AvgIpc) is 2.32. The SMILES string of the molecule is Cc1cc(CNC2CCOCC2)nnc1Cl. The van der Waals surface area contributed by atoms with Crippen LogP contribution in [0.5, 0.6) is 0 Å². The molecule has 0 saturated carbocycles. The smallest absolute Gasteiger partial charge is 0.154 e. The summed E-state index contributed by atoms with van der Waals surface area (Å²) >= 11 is 5.82. The number of rotatable bonds is 3. The lowest BCUT2D eigenvalue weighted by molar-refractivity contribution is 0.0775. The average molecular weight is 242 g/mol. The molecular weight excluding hydrogens is 226 g/mol. The molecule has 4 nitrogen and oxygen atoms in total. The molecule has 1 aromatic rings. The minimum absolute atomic E-state index is 0.481. The van der Waals surface area contributed by atoms with Gasteiger partial charge in [-0.25, -0.2) is 0 Å². The third-order valence-electron chi connectivity index (χ3n) is 2.77. The van der Waals surface area contributed by atoms with Crippen LogP contribution in [0.4, 0.5) is 0 Å². The first-order valence-corrected chi connectivity index (χ1v) is 5.93. The van der Waals surface area contributed by atoms with Gasteiger partial charge in [0.2, 0.25) is 0 Å². The first-order valence-electron chi connectivity index (χ1n) is 5.55. The number of ether oxygens (including phenoxy) is 1. The van der Waals surface area contributed by atoms with Gasteiger partial charge in [0.05, 0.1) is 5.69 Å². The first-order chi connectivity index (χ1) is 7.75. The van der Waals surface area contributed by atoms with Crippen LogP contribution in [0.25, 0.3) is 0 Å². The molecular formula is C11H16ClN3O. The van der Waals surface area contributed by atoms with Crippen molar-refractivity contribution < 1.29 is 4.74 Å². The molecule has 1 fully saturated rings. The van der Waals surface area contributed by atoms with Gasteiger partial charge in [-0.2, -0.15) is 5.10 Å². The molecule has 0 unspecified atom stereocenters. The van der Waals surface area contributed by atoms with E-state index in [0.717, 1.165) is 43.9 Å². The van der Waals surface area contributed by atoms with Gasteiger partial charge in [-0.05, 0) is 31.4 Å². The summed E-state index contributed by atoms with van der Waals surface area (Å²) < 4.78 is 5.30. The van der Waals surface area contributed by atoms with Crippen molar-refractivity contribution in [1.29, 1.82) is 0 Å². The highest BCUT2D eigenvalue weighted by Crippen LogP contribution is 2.11. The van der Waals surface area contributed by atoms with E-state index in [2.05, 4.69) is 15.5 Å². The molecule has 0 aliphatic carbocycles. The van der Waals surface area contributed by atoms with Crippen molar-refractivity contribution in [3.8, 4) is 0 Å². The Morgan fingerprint density at radius 3 is 2.88 bits per heavy atom. The quantitative estimate of drug-likeness (QED) is 0.875. The second kappa shape index (κ2) is 5.57. The van der Waals surface area contributed by atoms with E-state index in [9.17, 15) is 0 Å². The molecule has 2 rings (SSSR count). The molecule has 1 aliphatic heterocycles. The van der Waals surface area contributed by atoms with E-state index in [0.29, 0.717) is 11.2 Å². The molecule has 0 radical (unpaired) electrons. The van der Waals surface area contributed by atoms with Gasteiger partial charge in [-0.1, -0.05) is 11.6 Å². The second-order valence-corrected chi connectivity index (χ2v) is 4.44. The highest BCUT2D eigenvalue weighted by atomic mass is 35.5. The van der Waals surface area contributed by atoms with Crippen molar-refractivity contribution in [2.24, 2.45) is 0 Å². The summed E-state index contributed by atoms with van der Waals surface area (Å²) in [4.78, 5) is 0. The fraction of sp³-hybridized carbons (Fsp3) is 0.636. The summed E-state index contributed by atoms with van der Waals surface area (Å²) in [6.45, 7) is 4.39. The van der Waals surface area contributed by atoms with Crippen molar-refractivity contribution in [1.82, 2.24) is 15.5 Å². The number of nitrogens with zero attached hydrogens (tertiary/aromatic N) is 2. The first kappa shape index (κ1) is 11.8. The molecule has 1 aromatic heterocycles. The highest BCUT2D eigenvalue weighted by molar-refractivity contribution is 6.30. The summed E-state index contributed by atoms with van der Waals surface area (Å²) in [5.41, 5.74) is 1.91. The monoisotopic (exact) mass is 241 g/mol. The molecule has 0 bridgehead atoms. The third-order valence-corrected chi connectivity index (χ3v) is 3.14. The van der Waals surface area contributed by atoms with Crippen LogP contribution in [0.15, 0.2) is 6.07 Å². The summed E-state index contributed by atoms with van der Waals surface area (Å²) in [5, 5.41) is 11.9. The van der Waals surface area contributed by atoms with Crippen LogP contribution in [0, 0.1) is 6.92 Å². The molecule has 1 aliphatic rings. The molecule has 0 aromatic carbocycles. The van der Waals surface area contributed by atoms with Crippen LogP contribution >= 0.6 is 11.6 Å². The number of hydrogen-bond acceptors (Lipinski definition) is 4. The zero-order valence-electron chi connectivity index (χ0n) is 9.37. The van der Waals surface area contributed by atoms with Gasteiger partial charge in [0.25, 0.3) is 0 Å². The molecule has 88 valence electrons. The predicted octanol–water partition coefficient (Wildman–Crippen LogP) is 1.71. The van der Waals surface area contributed by atoms with Gasteiger partial charge in [0.15, 0.2) is 5.15 Å². The Labute approximate surface area is 100 Å². The van der Waals surface area contributed by atoms with Crippen molar-refractivity contribution in [2.75, 3.05) is 13.2 Å². The zero-order chi connectivity index (χ0) is 11.4. The Balaban J connectivity index is 1.86. The molecule has 1 saturated heterocycles.